The highest BCUT2D eigenvalue weighted by molar-refractivity contribution is 5.81. The van der Waals surface area contributed by atoms with E-state index >= 15 is 0 Å². The van der Waals surface area contributed by atoms with Crippen molar-refractivity contribution in [2.45, 2.75) is 6.54 Å². The Bertz CT molecular complexity index is 1010. The van der Waals surface area contributed by atoms with Crippen molar-refractivity contribution < 1.29 is 13.6 Å². The molecule has 1 fully saturated rings. The number of nitrogens with zero attached hydrogens (tertiary/aromatic N) is 5. The van der Waals surface area contributed by atoms with Crippen molar-refractivity contribution in [3.63, 3.8) is 0 Å². The first-order chi connectivity index (χ1) is 14.0. The highest BCUT2D eigenvalue weighted by atomic mass is 19.1. The van der Waals surface area contributed by atoms with Crippen molar-refractivity contribution in [2.75, 3.05) is 33.2 Å². The number of halogens is 2. The molecule has 0 bridgehead atoms. The van der Waals surface area contributed by atoms with Gasteiger partial charge in [0.1, 0.15) is 18.2 Å². The summed E-state index contributed by atoms with van der Waals surface area (Å²) in [4.78, 5) is 25.2. The average Bonchev–Trinajstić information content (AvgIpc) is 3.12. The molecular formula is C21H21F2N5O. The van der Waals surface area contributed by atoms with Gasteiger partial charge in [0.05, 0.1) is 17.7 Å². The molecule has 0 radical (unpaired) electrons. The first-order valence-electron chi connectivity index (χ1n) is 9.40. The fourth-order valence-corrected chi connectivity index (χ4v) is 3.49. The molecule has 0 aliphatic carbocycles. The summed E-state index contributed by atoms with van der Waals surface area (Å²) >= 11 is 0. The van der Waals surface area contributed by atoms with Gasteiger partial charge in [0, 0.05) is 55.8 Å². The number of carbonyl (C=O) groups is 1. The summed E-state index contributed by atoms with van der Waals surface area (Å²) in [5.41, 5.74) is 1.90. The summed E-state index contributed by atoms with van der Waals surface area (Å²) in [5, 5.41) is 0. The van der Waals surface area contributed by atoms with Gasteiger partial charge < -0.3 is 14.4 Å². The van der Waals surface area contributed by atoms with Crippen molar-refractivity contribution in [3.05, 3.63) is 60.7 Å². The summed E-state index contributed by atoms with van der Waals surface area (Å²) in [7, 11) is 2.03. The number of piperazine rings is 1. The smallest absolute Gasteiger partial charge is 0.242 e. The standard InChI is InChI=1S/C21H21F2N5O/c1-26-8-10-27(11-9-26)19(29)13-28-14-25-20(17-3-2-16(22)12-18(17)23)21(28)15-4-6-24-7-5-15/h2-7,12,14H,8-11,13H2,1H3. The van der Waals surface area contributed by atoms with Crippen LogP contribution in [0.4, 0.5) is 8.78 Å². The van der Waals surface area contributed by atoms with Gasteiger partial charge in [-0.05, 0) is 31.3 Å². The molecule has 0 unspecified atom stereocenters. The lowest BCUT2D eigenvalue weighted by molar-refractivity contribution is -0.133. The molecule has 29 heavy (non-hydrogen) atoms. The SMILES string of the molecule is CN1CCN(C(=O)Cn2cnc(-c3ccc(F)cc3F)c2-c2ccncc2)CC1. The molecule has 1 amide bonds. The second-order valence-electron chi connectivity index (χ2n) is 7.11. The van der Waals surface area contributed by atoms with Gasteiger partial charge in [-0.3, -0.25) is 9.78 Å². The molecule has 0 atom stereocenters. The molecule has 0 N–H and O–H groups in total. The summed E-state index contributed by atoms with van der Waals surface area (Å²) in [6, 6.07) is 6.95. The van der Waals surface area contributed by atoms with E-state index in [1.54, 1.807) is 29.1 Å². The van der Waals surface area contributed by atoms with Gasteiger partial charge in [-0.2, -0.15) is 0 Å². The van der Waals surface area contributed by atoms with Gasteiger partial charge in [0.15, 0.2) is 0 Å². The molecule has 3 aromatic rings. The van der Waals surface area contributed by atoms with Crippen LogP contribution in [0.15, 0.2) is 49.1 Å². The van der Waals surface area contributed by atoms with Crippen molar-refractivity contribution in [1.82, 2.24) is 24.3 Å². The molecule has 0 saturated carbocycles. The first kappa shape index (κ1) is 19.2. The molecule has 4 rings (SSSR count). The normalized spacial score (nSPS) is 14.9. The number of pyridine rings is 1. The van der Waals surface area contributed by atoms with Gasteiger partial charge in [0.2, 0.25) is 5.91 Å². The monoisotopic (exact) mass is 397 g/mol. The van der Waals surface area contributed by atoms with Crippen molar-refractivity contribution >= 4 is 5.91 Å². The van der Waals surface area contributed by atoms with E-state index in [0.29, 0.717) is 24.5 Å². The van der Waals surface area contributed by atoms with Crippen LogP contribution in [0.3, 0.4) is 0 Å². The van der Waals surface area contributed by atoms with Crippen LogP contribution in [0.1, 0.15) is 0 Å². The maximum atomic E-state index is 14.4. The lowest BCUT2D eigenvalue weighted by Gasteiger charge is -2.32. The topological polar surface area (TPSA) is 54.3 Å². The number of amides is 1. The molecule has 0 spiro atoms. The first-order valence-corrected chi connectivity index (χ1v) is 9.40. The van der Waals surface area contributed by atoms with Gasteiger partial charge in [0.25, 0.3) is 0 Å². The van der Waals surface area contributed by atoms with E-state index in [-0.39, 0.29) is 18.0 Å². The van der Waals surface area contributed by atoms with E-state index in [2.05, 4.69) is 14.9 Å². The van der Waals surface area contributed by atoms with Crippen LogP contribution in [-0.4, -0.2) is 63.5 Å². The fraction of sp³-hybridized carbons (Fsp3) is 0.286. The summed E-state index contributed by atoms with van der Waals surface area (Å²) in [6.45, 7) is 3.11. The molecule has 3 heterocycles. The van der Waals surface area contributed by atoms with E-state index in [9.17, 15) is 13.6 Å². The third-order valence-corrected chi connectivity index (χ3v) is 5.14. The van der Waals surface area contributed by atoms with Gasteiger partial charge in [-0.25, -0.2) is 13.8 Å². The van der Waals surface area contributed by atoms with E-state index in [0.717, 1.165) is 24.7 Å². The average molecular weight is 397 g/mol. The second-order valence-corrected chi connectivity index (χ2v) is 7.11. The van der Waals surface area contributed by atoms with E-state index in [1.165, 1.54) is 18.5 Å². The predicted molar refractivity (Wildman–Crippen MR) is 105 cm³/mol. The number of aromatic nitrogens is 3. The van der Waals surface area contributed by atoms with E-state index in [1.807, 2.05) is 11.9 Å². The van der Waals surface area contributed by atoms with Gasteiger partial charge in [-0.15, -0.1) is 0 Å². The van der Waals surface area contributed by atoms with Crippen LogP contribution in [0.25, 0.3) is 22.5 Å². The molecule has 6 nitrogen and oxygen atoms in total. The van der Waals surface area contributed by atoms with Crippen LogP contribution in [0.2, 0.25) is 0 Å². The fourth-order valence-electron chi connectivity index (χ4n) is 3.49. The van der Waals surface area contributed by atoms with Crippen LogP contribution in [0, 0.1) is 11.6 Å². The predicted octanol–water partition coefficient (Wildman–Crippen LogP) is 2.66. The van der Waals surface area contributed by atoms with E-state index in [4.69, 9.17) is 0 Å². The number of benzene rings is 1. The molecule has 8 heteroatoms. The maximum absolute atomic E-state index is 14.4. The zero-order valence-corrected chi connectivity index (χ0v) is 16.1. The molecule has 1 saturated heterocycles. The van der Waals surface area contributed by atoms with Gasteiger partial charge in [-0.1, -0.05) is 0 Å². The number of hydrogen-bond acceptors (Lipinski definition) is 4. The van der Waals surface area contributed by atoms with Crippen LogP contribution < -0.4 is 0 Å². The van der Waals surface area contributed by atoms with E-state index < -0.39 is 11.6 Å². The maximum Gasteiger partial charge on any atom is 0.242 e. The molecule has 2 aromatic heterocycles. The molecular weight excluding hydrogens is 376 g/mol. The quantitative estimate of drug-likeness (QED) is 0.679. The van der Waals surface area contributed by atoms with Crippen LogP contribution >= 0.6 is 0 Å². The number of rotatable bonds is 4. The lowest BCUT2D eigenvalue weighted by atomic mass is 10.0. The van der Waals surface area contributed by atoms with Crippen LogP contribution in [-0.2, 0) is 11.3 Å². The van der Waals surface area contributed by atoms with Crippen molar-refractivity contribution in [2.24, 2.45) is 0 Å². The Balaban J connectivity index is 1.71. The zero-order chi connectivity index (χ0) is 20.4. The van der Waals surface area contributed by atoms with Gasteiger partial charge >= 0.3 is 0 Å². The number of hydrogen-bond donors (Lipinski definition) is 0. The Morgan fingerprint density at radius 1 is 1.07 bits per heavy atom. The number of imidazole rings is 1. The largest absolute Gasteiger partial charge is 0.339 e. The summed E-state index contributed by atoms with van der Waals surface area (Å²) in [5.74, 6) is -1.37. The summed E-state index contributed by atoms with van der Waals surface area (Å²) < 4.78 is 29.5. The zero-order valence-electron chi connectivity index (χ0n) is 16.1. The second kappa shape index (κ2) is 8.08. The molecule has 150 valence electrons. The molecule has 1 aromatic carbocycles. The minimum absolute atomic E-state index is 0.0167. The van der Waals surface area contributed by atoms with Crippen molar-refractivity contribution in [3.8, 4) is 22.5 Å². The Labute approximate surface area is 167 Å². The minimum atomic E-state index is -0.698. The third-order valence-electron chi connectivity index (χ3n) is 5.14. The van der Waals surface area contributed by atoms with Crippen molar-refractivity contribution in [1.29, 1.82) is 0 Å². The Morgan fingerprint density at radius 3 is 2.48 bits per heavy atom. The Kier molecular flexibility index (Phi) is 5.35. The third kappa shape index (κ3) is 4.02. The molecule has 1 aliphatic heterocycles. The Morgan fingerprint density at radius 2 is 1.79 bits per heavy atom. The number of carbonyl (C=O) groups excluding carboxylic acids is 1. The highest BCUT2D eigenvalue weighted by Gasteiger charge is 2.23. The minimum Gasteiger partial charge on any atom is -0.339 e. The summed E-state index contributed by atoms with van der Waals surface area (Å²) in [6.07, 6.45) is 4.78. The Hall–Kier alpha value is -3.13. The number of likely N-dealkylation sites (N-methyl/N-ethyl adjacent to an activating group) is 1. The van der Waals surface area contributed by atoms with Crippen LogP contribution in [0.5, 0.6) is 0 Å². The highest BCUT2D eigenvalue weighted by Crippen LogP contribution is 2.32. The molecule has 1 aliphatic rings. The lowest BCUT2D eigenvalue weighted by Crippen LogP contribution is -2.48.